The minimum atomic E-state index is -0.335. The molecule has 0 saturated carbocycles. The first-order chi connectivity index (χ1) is 12.7. The van der Waals surface area contributed by atoms with E-state index < -0.39 is 0 Å². The molecule has 26 heavy (non-hydrogen) atoms. The molecule has 1 amide bonds. The molecule has 1 aromatic heterocycles. The molecule has 0 aliphatic rings. The lowest BCUT2D eigenvalue weighted by Gasteiger charge is -2.17. The number of hydrogen-bond donors (Lipinski definition) is 1. The number of hydrogen-bond acceptors (Lipinski definition) is 5. The van der Waals surface area contributed by atoms with Gasteiger partial charge in [0.05, 0.1) is 24.7 Å². The Morgan fingerprint density at radius 2 is 1.77 bits per heavy atom. The molecule has 3 rings (SSSR count). The number of aromatic nitrogens is 2. The molecule has 0 aliphatic carbocycles. The lowest BCUT2D eigenvalue weighted by molar-refractivity contribution is 0.102. The number of carbonyl (C=O) groups excluding carboxylic acids is 1. The quantitative estimate of drug-likeness (QED) is 0.732. The fourth-order valence-corrected chi connectivity index (χ4v) is 2.43. The number of anilines is 3. The molecule has 1 heterocycles. The number of para-hydroxylation sites is 3. The van der Waals surface area contributed by atoms with Gasteiger partial charge in [0.25, 0.3) is 5.91 Å². The molecule has 0 saturated heterocycles. The van der Waals surface area contributed by atoms with Crippen molar-refractivity contribution in [2.45, 2.75) is 6.92 Å². The summed E-state index contributed by atoms with van der Waals surface area (Å²) in [6.07, 6.45) is 3.05. The first kappa shape index (κ1) is 17.4. The first-order valence-electron chi connectivity index (χ1n) is 8.33. The number of amides is 1. The highest BCUT2D eigenvalue weighted by Gasteiger charge is 2.13. The topological polar surface area (TPSA) is 67.3 Å². The van der Waals surface area contributed by atoms with Crippen LogP contribution < -0.4 is 15.0 Å². The summed E-state index contributed by atoms with van der Waals surface area (Å²) in [4.78, 5) is 22.9. The number of nitrogens with zero attached hydrogens (tertiary/aromatic N) is 3. The second kappa shape index (κ2) is 8.11. The van der Waals surface area contributed by atoms with Gasteiger partial charge in [-0.1, -0.05) is 30.3 Å². The monoisotopic (exact) mass is 348 g/mol. The summed E-state index contributed by atoms with van der Waals surface area (Å²) in [5.74, 6) is 0.942. The van der Waals surface area contributed by atoms with Gasteiger partial charge in [-0.05, 0) is 31.2 Å². The zero-order valence-corrected chi connectivity index (χ0v) is 14.7. The minimum absolute atomic E-state index is 0.238. The van der Waals surface area contributed by atoms with Gasteiger partial charge in [-0.15, -0.1) is 0 Å². The van der Waals surface area contributed by atoms with Crippen LogP contribution in [0.4, 0.5) is 17.2 Å². The van der Waals surface area contributed by atoms with Crippen LogP contribution in [0.1, 0.15) is 17.4 Å². The van der Waals surface area contributed by atoms with Crippen molar-refractivity contribution in [1.29, 1.82) is 0 Å². The fourth-order valence-electron chi connectivity index (χ4n) is 2.43. The summed E-state index contributed by atoms with van der Waals surface area (Å²) in [6.45, 7) is 2.42. The van der Waals surface area contributed by atoms with Gasteiger partial charge in [-0.3, -0.25) is 4.79 Å². The smallest absolute Gasteiger partial charge is 0.275 e. The molecule has 0 bridgehead atoms. The van der Waals surface area contributed by atoms with E-state index in [1.165, 1.54) is 6.20 Å². The predicted octanol–water partition coefficient (Wildman–Crippen LogP) is 3.90. The van der Waals surface area contributed by atoms with E-state index in [0.717, 1.165) is 5.69 Å². The SMILES string of the molecule is CCOc1ccccc1NC(=O)c1cnc(N(C)c2ccccc2)cn1. The van der Waals surface area contributed by atoms with Crippen molar-refractivity contribution in [1.82, 2.24) is 9.97 Å². The van der Waals surface area contributed by atoms with Crippen molar-refractivity contribution in [2.24, 2.45) is 0 Å². The molecule has 2 aromatic carbocycles. The van der Waals surface area contributed by atoms with Crippen LogP contribution in [0.15, 0.2) is 67.0 Å². The number of rotatable bonds is 6. The van der Waals surface area contributed by atoms with E-state index >= 15 is 0 Å². The first-order valence-corrected chi connectivity index (χ1v) is 8.33. The average molecular weight is 348 g/mol. The van der Waals surface area contributed by atoms with Crippen molar-refractivity contribution in [3.8, 4) is 5.75 Å². The standard InChI is InChI=1S/C20H20N4O2/c1-3-26-18-12-8-7-11-16(18)23-20(25)17-13-22-19(14-21-17)24(2)15-9-5-4-6-10-15/h4-14H,3H2,1-2H3,(H,23,25). The van der Waals surface area contributed by atoms with Crippen LogP contribution in [0.25, 0.3) is 0 Å². The molecule has 1 N–H and O–H groups in total. The molecule has 0 unspecified atom stereocenters. The molecular formula is C20H20N4O2. The third kappa shape index (κ3) is 3.97. The Kier molecular flexibility index (Phi) is 5.43. The lowest BCUT2D eigenvalue weighted by atomic mass is 10.2. The van der Waals surface area contributed by atoms with Crippen molar-refractivity contribution >= 4 is 23.1 Å². The Morgan fingerprint density at radius 1 is 1.04 bits per heavy atom. The molecule has 6 heteroatoms. The van der Waals surface area contributed by atoms with Gasteiger partial charge in [0.1, 0.15) is 11.4 Å². The maximum absolute atomic E-state index is 12.4. The second-order valence-corrected chi connectivity index (χ2v) is 5.54. The Balaban J connectivity index is 1.73. The van der Waals surface area contributed by atoms with Crippen molar-refractivity contribution in [3.63, 3.8) is 0 Å². The van der Waals surface area contributed by atoms with Crippen LogP contribution in [0.2, 0.25) is 0 Å². The van der Waals surface area contributed by atoms with Gasteiger partial charge in [0.2, 0.25) is 0 Å². The van der Waals surface area contributed by atoms with Gasteiger partial charge in [0.15, 0.2) is 5.82 Å². The second-order valence-electron chi connectivity index (χ2n) is 5.54. The van der Waals surface area contributed by atoms with Crippen LogP contribution in [0.3, 0.4) is 0 Å². The maximum Gasteiger partial charge on any atom is 0.275 e. The van der Waals surface area contributed by atoms with E-state index in [1.807, 2.05) is 67.4 Å². The number of nitrogens with one attached hydrogen (secondary N) is 1. The van der Waals surface area contributed by atoms with Gasteiger partial charge in [0, 0.05) is 12.7 Å². The molecule has 0 aliphatic heterocycles. The molecule has 6 nitrogen and oxygen atoms in total. The van der Waals surface area contributed by atoms with Gasteiger partial charge < -0.3 is 15.0 Å². The summed E-state index contributed by atoms with van der Waals surface area (Å²) in [6, 6.07) is 17.1. The largest absolute Gasteiger partial charge is 0.492 e. The highest BCUT2D eigenvalue weighted by atomic mass is 16.5. The Labute approximate surface area is 152 Å². The third-order valence-electron chi connectivity index (χ3n) is 3.79. The maximum atomic E-state index is 12.4. The van der Waals surface area contributed by atoms with Crippen LogP contribution >= 0.6 is 0 Å². The van der Waals surface area contributed by atoms with E-state index in [9.17, 15) is 4.79 Å². The summed E-state index contributed by atoms with van der Waals surface area (Å²) >= 11 is 0. The van der Waals surface area contributed by atoms with Crippen LogP contribution in [-0.2, 0) is 0 Å². The van der Waals surface area contributed by atoms with E-state index in [-0.39, 0.29) is 11.6 Å². The van der Waals surface area contributed by atoms with Crippen molar-refractivity contribution in [2.75, 3.05) is 23.9 Å². The Hall–Kier alpha value is -3.41. The molecule has 0 atom stereocenters. The predicted molar refractivity (Wildman–Crippen MR) is 102 cm³/mol. The zero-order chi connectivity index (χ0) is 18.4. The van der Waals surface area contributed by atoms with Gasteiger partial charge in [-0.2, -0.15) is 0 Å². The van der Waals surface area contributed by atoms with E-state index in [0.29, 0.717) is 23.9 Å². The summed E-state index contributed by atoms with van der Waals surface area (Å²) < 4.78 is 5.52. The average Bonchev–Trinajstić information content (AvgIpc) is 2.70. The Bertz CT molecular complexity index is 866. The highest BCUT2D eigenvalue weighted by molar-refractivity contribution is 6.03. The molecule has 3 aromatic rings. The van der Waals surface area contributed by atoms with Crippen LogP contribution in [0.5, 0.6) is 5.75 Å². The third-order valence-corrected chi connectivity index (χ3v) is 3.79. The minimum Gasteiger partial charge on any atom is -0.492 e. The van der Waals surface area contributed by atoms with Crippen molar-refractivity contribution < 1.29 is 9.53 Å². The molecule has 132 valence electrons. The number of benzene rings is 2. The van der Waals surface area contributed by atoms with Crippen LogP contribution in [-0.4, -0.2) is 29.5 Å². The summed E-state index contributed by atoms with van der Waals surface area (Å²) in [5.41, 5.74) is 1.83. The van der Waals surface area contributed by atoms with Crippen LogP contribution in [0, 0.1) is 0 Å². The summed E-state index contributed by atoms with van der Waals surface area (Å²) in [5, 5.41) is 2.81. The summed E-state index contributed by atoms with van der Waals surface area (Å²) in [7, 11) is 1.90. The molecular weight excluding hydrogens is 328 g/mol. The van der Waals surface area contributed by atoms with E-state index in [2.05, 4.69) is 15.3 Å². The van der Waals surface area contributed by atoms with E-state index in [1.54, 1.807) is 12.3 Å². The van der Waals surface area contributed by atoms with Gasteiger partial charge in [-0.25, -0.2) is 9.97 Å². The van der Waals surface area contributed by atoms with Crippen molar-refractivity contribution in [3.05, 3.63) is 72.7 Å². The lowest BCUT2D eigenvalue weighted by Crippen LogP contribution is -2.17. The number of ether oxygens (including phenoxy) is 1. The van der Waals surface area contributed by atoms with E-state index in [4.69, 9.17) is 4.74 Å². The van der Waals surface area contributed by atoms with Gasteiger partial charge >= 0.3 is 0 Å². The number of carbonyl (C=O) groups is 1. The molecule has 0 radical (unpaired) electrons. The molecule has 0 fully saturated rings. The normalized spacial score (nSPS) is 10.2. The highest BCUT2D eigenvalue weighted by Crippen LogP contribution is 2.24. The molecule has 0 spiro atoms. The fraction of sp³-hybridized carbons (Fsp3) is 0.150. The zero-order valence-electron chi connectivity index (χ0n) is 14.7. The Morgan fingerprint density at radius 3 is 2.46 bits per heavy atom.